The Kier molecular flexibility index (Phi) is 3.64. The van der Waals surface area contributed by atoms with Gasteiger partial charge in [-0.1, -0.05) is 45.3 Å². The molecule has 2 unspecified atom stereocenters. The van der Waals surface area contributed by atoms with Crippen molar-refractivity contribution in [2.45, 2.75) is 25.1 Å². The molecule has 2 rings (SSSR count). The van der Waals surface area contributed by atoms with Gasteiger partial charge in [0.2, 0.25) is 0 Å². The van der Waals surface area contributed by atoms with Crippen LogP contribution in [-0.4, -0.2) is 19.9 Å². The maximum absolute atomic E-state index is 11.5. The number of hydrogen-bond donors (Lipinski definition) is 0. The van der Waals surface area contributed by atoms with Crippen molar-refractivity contribution in [3.63, 3.8) is 0 Å². The minimum absolute atomic E-state index is 0.151. The third-order valence-corrected chi connectivity index (χ3v) is 6.31. The standard InChI is InChI=1S/C13H17BrO2S/c1-9-5-10(2)7-12(6-9)13(14)11-3-4-17(15,16)8-11/h5-7,11,13H,3-4,8H2,1-2H3. The molecule has 2 atom stereocenters. The fourth-order valence-corrected chi connectivity index (χ4v) is 5.30. The number of aryl methyl sites for hydroxylation is 2. The van der Waals surface area contributed by atoms with Crippen molar-refractivity contribution in [3.05, 3.63) is 34.9 Å². The number of halogens is 1. The second-order valence-corrected chi connectivity index (χ2v) is 8.20. The fraction of sp³-hybridized carbons (Fsp3) is 0.538. The van der Waals surface area contributed by atoms with Gasteiger partial charge in [-0.05, 0) is 31.7 Å². The van der Waals surface area contributed by atoms with Gasteiger partial charge in [0, 0.05) is 4.83 Å². The molecule has 94 valence electrons. The first-order valence-corrected chi connectivity index (χ1v) is 8.54. The van der Waals surface area contributed by atoms with Crippen LogP contribution in [0, 0.1) is 19.8 Å². The first-order valence-electron chi connectivity index (χ1n) is 5.80. The van der Waals surface area contributed by atoms with Gasteiger partial charge in [-0.2, -0.15) is 0 Å². The Bertz CT molecular complexity index is 502. The molecule has 17 heavy (non-hydrogen) atoms. The van der Waals surface area contributed by atoms with E-state index in [0.717, 1.165) is 6.42 Å². The third kappa shape index (κ3) is 3.10. The Morgan fingerprint density at radius 1 is 1.24 bits per heavy atom. The summed E-state index contributed by atoms with van der Waals surface area (Å²) >= 11 is 3.67. The van der Waals surface area contributed by atoms with E-state index in [9.17, 15) is 8.42 Å². The van der Waals surface area contributed by atoms with Crippen LogP contribution in [-0.2, 0) is 9.84 Å². The number of sulfone groups is 1. The molecule has 0 N–H and O–H groups in total. The Balaban J connectivity index is 2.23. The van der Waals surface area contributed by atoms with Gasteiger partial charge in [0.15, 0.2) is 9.84 Å². The van der Waals surface area contributed by atoms with Gasteiger partial charge in [0.1, 0.15) is 0 Å². The monoisotopic (exact) mass is 316 g/mol. The first-order chi connectivity index (χ1) is 7.87. The molecule has 1 heterocycles. The summed E-state index contributed by atoms with van der Waals surface area (Å²) < 4.78 is 23.0. The second kappa shape index (κ2) is 4.73. The van der Waals surface area contributed by atoms with Gasteiger partial charge in [0.05, 0.1) is 11.5 Å². The van der Waals surface area contributed by atoms with Crippen LogP contribution in [0.5, 0.6) is 0 Å². The van der Waals surface area contributed by atoms with Crippen LogP contribution in [0.25, 0.3) is 0 Å². The molecule has 0 aliphatic carbocycles. The Hall–Kier alpha value is -0.350. The molecule has 1 fully saturated rings. The minimum Gasteiger partial charge on any atom is -0.229 e. The van der Waals surface area contributed by atoms with Crippen LogP contribution in [0.4, 0.5) is 0 Å². The molecule has 4 heteroatoms. The van der Waals surface area contributed by atoms with E-state index in [-0.39, 0.29) is 10.7 Å². The van der Waals surface area contributed by atoms with E-state index in [2.05, 4.69) is 48.0 Å². The lowest BCUT2D eigenvalue weighted by atomic mass is 9.96. The van der Waals surface area contributed by atoms with E-state index in [4.69, 9.17) is 0 Å². The maximum Gasteiger partial charge on any atom is 0.150 e. The highest BCUT2D eigenvalue weighted by molar-refractivity contribution is 9.09. The largest absolute Gasteiger partial charge is 0.229 e. The summed E-state index contributed by atoms with van der Waals surface area (Å²) in [6.45, 7) is 4.14. The normalized spacial score (nSPS) is 24.8. The molecule has 2 nitrogen and oxygen atoms in total. The van der Waals surface area contributed by atoms with Crippen molar-refractivity contribution in [3.8, 4) is 0 Å². The summed E-state index contributed by atoms with van der Waals surface area (Å²) in [5.74, 6) is 0.863. The SMILES string of the molecule is Cc1cc(C)cc(C(Br)C2CCS(=O)(=O)C2)c1. The van der Waals surface area contributed by atoms with Crippen LogP contribution in [0.3, 0.4) is 0 Å². The Morgan fingerprint density at radius 3 is 2.29 bits per heavy atom. The zero-order valence-corrected chi connectivity index (χ0v) is 12.5. The number of benzene rings is 1. The smallest absolute Gasteiger partial charge is 0.150 e. The van der Waals surface area contributed by atoms with E-state index >= 15 is 0 Å². The summed E-state index contributed by atoms with van der Waals surface area (Å²) in [5, 5.41) is 0. The number of rotatable bonds is 2. The average molecular weight is 317 g/mol. The molecular weight excluding hydrogens is 300 g/mol. The highest BCUT2D eigenvalue weighted by Crippen LogP contribution is 2.38. The molecule has 1 saturated heterocycles. The highest BCUT2D eigenvalue weighted by Gasteiger charge is 2.33. The fourth-order valence-electron chi connectivity index (χ4n) is 2.50. The van der Waals surface area contributed by atoms with Gasteiger partial charge >= 0.3 is 0 Å². The van der Waals surface area contributed by atoms with Crippen LogP contribution >= 0.6 is 15.9 Å². The van der Waals surface area contributed by atoms with Gasteiger partial charge < -0.3 is 0 Å². The second-order valence-electron chi connectivity index (χ2n) is 4.99. The van der Waals surface area contributed by atoms with Gasteiger partial charge in [-0.25, -0.2) is 8.42 Å². The van der Waals surface area contributed by atoms with E-state index in [1.54, 1.807) is 0 Å². The molecule has 1 aliphatic heterocycles. The zero-order chi connectivity index (χ0) is 12.6. The van der Waals surface area contributed by atoms with E-state index in [1.165, 1.54) is 16.7 Å². The van der Waals surface area contributed by atoms with Crippen LogP contribution in [0.2, 0.25) is 0 Å². The molecular formula is C13H17BrO2S. The maximum atomic E-state index is 11.5. The minimum atomic E-state index is -2.80. The van der Waals surface area contributed by atoms with E-state index < -0.39 is 9.84 Å². The van der Waals surface area contributed by atoms with Crippen LogP contribution < -0.4 is 0 Å². The molecule has 0 radical (unpaired) electrons. The van der Waals surface area contributed by atoms with E-state index in [1.807, 2.05) is 0 Å². The lowest BCUT2D eigenvalue weighted by Crippen LogP contribution is -2.10. The molecule has 1 aromatic carbocycles. The molecule has 0 saturated carbocycles. The average Bonchev–Trinajstić information content (AvgIpc) is 2.56. The third-order valence-electron chi connectivity index (χ3n) is 3.24. The molecule has 0 bridgehead atoms. The summed E-state index contributed by atoms with van der Waals surface area (Å²) in [6.07, 6.45) is 0.769. The molecule has 0 amide bonds. The zero-order valence-electron chi connectivity index (χ0n) is 10.1. The van der Waals surface area contributed by atoms with Crippen molar-refractivity contribution in [1.82, 2.24) is 0 Å². The van der Waals surface area contributed by atoms with Crippen molar-refractivity contribution in [2.24, 2.45) is 5.92 Å². The van der Waals surface area contributed by atoms with Crippen LogP contribution in [0.15, 0.2) is 18.2 Å². The molecule has 1 aliphatic rings. The number of hydrogen-bond acceptors (Lipinski definition) is 2. The summed E-state index contributed by atoms with van der Waals surface area (Å²) in [4.78, 5) is 0.151. The van der Waals surface area contributed by atoms with E-state index in [0.29, 0.717) is 11.5 Å². The summed E-state index contributed by atoms with van der Waals surface area (Å²) in [7, 11) is -2.80. The van der Waals surface area contributed by atoms with Gasteiger partial charge in [-0.3, -0.25) is 0 Å². The topological polar surface area (TPSA) is 34.1 Å². The Morgan fingerprint density at radius 2 is 1.82 bits per heavy atom. The van der Waals surface area contributed by atoms with Crippen molar-refractivity contribution in [2.75, 3.05) is 11.5 Å². The van der Waals surface area contributed by atoms with Gasteiger partial charge in [-0.15, -0.1) is 0 Å². The lowest BCUT2D eigenvalue weighted by molar-refractivity contribution is 0.579. The molecule has 0 aromatic heterocycles. The molecule has 0 spiro atoms. The van der Waals surface area contributed by atoms with Crippen molar-refractivity contribution < 1.29 is 8.42 Å². The summed E-state index contributed by atoms with van der Waals surface area (Å²) in [6, 6.07) is 6.41. The first kappa shape index (κ1) is 13.1. The quantitative estimate of drug-likeness (QED) is 0.785. The highest BCUT2D eigenvalue weighted by atomic mass is 79.9. The summed E-state index contributed by atoms with van der Waals surface area (Å²) in [5.41, 5.74) is 3.65. The molecule has 1 aromatic rings. The predicted octanol–water partition coefficient (Wildman–Crippen LogP) is 3.17. The predicted molar refractivity (Wildman–Crippen MR) is 74.3 cm³/mol. The van der Waals surface area contributed by atoms with Crippen molar-refractivity contribution >= 4 is 25.8 Å². The lowest BCUT2D eigenvalue weighted by Gasteiger charge is -2.17. The Labute approximate surface area is 111 Å². The van der Waals surface area contributed by atoms with Crippen molar-refractivity contribution in [1.29, 1.82) is 0 Å². The van der Waals surface area contributed by atoms with Crippen LogP contribution in [0.1, 0.15) is 27.9 Å². The van der Waals surface area contributed by atoms with Gasteiger partial charge in [0.25, 0.3) is 0 Å². The number of alkyl halides is 1.